The molecule has 11 heteroatoms. The zero-order valence-corrected chi connectivity index (χ0v) is 25.4. The van der Waals surface area contributed by atoms with E-state index in [0.717, 1.165) is 82.4 Å². The number of aromatic nitrogens is 1. The molecule has 1 spiro atoms. The molecule has 1 aromatic heterocycles. The van der Waals surface area contributed by atoms with Crippen LogP contribution in [0.1, 0.15) is 62.2 Å². The van der Waals surface area contributed by atoms with Gasteiger partial charge in [0.2, 0.25) is 11.8 Å². The second-order valence-corrected chi connectivity index (χ2v) is 13.3. The van der Waals surface area contributed by atoms with Crippen molar-refractivity contribution in [1.29, 1.82) is 0 Å². The van der Waals surface area contributed by atoms with Gasteiger partial charge in [-0.1, -0.05) is 24.6 Å². The maximum absolute atomic E-state index is 13.4. The second-order valence-electron chi connectivity index (χ2n) is 11.2. The van der Waals surface area contributed by atoms with Gasteiger partial charge in [-0.15, -0.1) is 24.8 Å². The third-order valence-corrected chi connectivity index (χ3v) is 9.84. The maximum Gasteiger partial charge on any atom is 0.229 e. The standard InChI is InChI=1S/C29H38N4O4S.2ClH/c1-38(36,37)24-10-8-22(9-11-24)21-33-20-15-29(28(33)35)13-18-32(19-14-29)17-12-26(25-7-2-3-16-30-25)31-27(34)23-5-4-6-23;;/h2-3,7-11,16,23,26H,4-6,12-15,17-21H2,1H3,(H,31,34);2*1H. The van der Waals surface area contributed by atoms with Crippen molar-refractivity contribution >= 4 is 46.5 Å². The van der Waals surface area contributed by atoms with Gasteiger partial charge in [0.05, 0.1) is 22.0 Å². The van der Waals surface area contributed by atoms with E-state index in [4.69, 9.17) is 0 Å². The summed E-state index contributed by atoms with van der Waals surface area (Å²) in [5.74, 6) is 0.514. The highest BCUT2D eigenvalue weighted by molar-refractivity contribution is 7.90. The van der Waals surface area contributed by atoms with Gasteiger partial charge >= 0.3 is 0 Å². The Kier molecular flexibility index (Phi) is 11.0. The van der Waals surface area contributed by atoms with Gasteiger partial charge in [-0.2, -0.15) is 0 Å². The number of carbonyl (C=O) groups is 2. The van der Waals surface area contributed by atoms with Crippen LogP contribution in [0.15, 0.2) is 53.6 Å². The van der Waals surface area contributed by atoms with Crippen LogP contribution in [-0.4, -0.2) is 67.5 Å². The molecule has 0 bridgehead atoms. The number of hydrogen-bond donors (Lipinski definition) is 1. The van der Waals surface area contributed by atoms with E-state index in [1.807, 2.05) is 23.1 Å². The van der Waals surface area contributed by atoms with Crippen molar-refractivity contribution in [1.82, 2.24) is 20.1 Å². The molecule has 3 fully saturated rings. The highest BCUT2D eigenvalue weighted by atomic mass is 35.5. The number of pyridine rings is 1. The first kappa shape index (κ1) is 32.3. The van der Waals surface area contributed by atoms with Crippen LogP contribution in [0.2, 0.25) is 0 Å². The van der Waals surface area contributed by atoms with Crippen LogP contribution < -0.4 is 5.32 Å². The van der Waals surface area contributed by atoms with Gasteiger partial charge in [0.1, 0.15) is 0 Å². The Bertz CT molecular complexity index is 1250. The monoisotopic (exact) mass is 610 g/mol. The Morgan fingerprint density at radius 1 is 1.05 bits per heavy atom. The van der Waals surface area contributed by atoms with Crippen LogP contribution >= 0.6 is 24.8 Å². The lowest BCUT2D eigenvalue weighted by Gasteiger charge is -2.38. The third-order valence-electron chi connectivity index (χ3n) is 8.71. The maximum atomic E-state index is 13.4. The van der Waals surface area contributed by atoms with E-state index in [1.54, 1.807) is 30.5 Å². The molecule has 1 aromatic carbocycles. The van der Waals surface area contributed by atoms with E-state index < -0.39 is 9.84 Å². The van der Waals surface area contributed by atoms with Crippen LogP contribution in [0.3, 0.4) is 0 Å². The molecule has 2 amide bonds. The summed E-state index contributed by atoms with van der Waals surface area (Å²) in [5, 5.41) is 3.25. The van der Waals surface area contributed by atoms with E-state index >= 15 is 0 Å². The van der Waals surface area contributed by atoms with Crippen molar-refractivity contribution in [3.63, 3.8) is 0 Å². The number of halogens is 2. The zero-order valence-electron chi connectivity index (χ0n) is 23.0. The fourth-order valence-electron chi connectivity index (χ4n) is 5.92. The van der Waals surface area contributed by atoms with E-state index in [-0.39, 0.29) is 54.0 Å². The van der Waals surface area contributed by atoms with E-state index in [1.165, 1.54) is 6.26 Å². The van der Waals surface area contributed by atoms with Crippen LogP contribution in [0.25, 0.3) is 0 Å². The van der Waals surface area contributed by atoms with Crippen LogP contribution in [0.4, 0.5) is 0 Å². The molecule has 220 valence electrons. The highest BCUT2D eigenvalue weighted by Crippen LogP contribution is 2.42. The third kappa shape index (κ3) is 7.35. The summed E-state index contributed by atoms with van der Waals surface area (Å²) in [6.07, 6.45) is 9.43. The van der Waals surface area contributed by atoms with Crippen molar-refractivity contribution in [3.05, 3.63) is 59.9 Å². The number of piperidine rings is 1. The van der Waals surface area contributed by atoms with Crippen molar-refractivity contribution < 1.29 is 18.0 Å². The van der Waals surface area contributed by atoms with Crippen molar-refractivity contribution in [2.75, 3.05) is 32.4 Å². The second kappa shape index (κ2) is 13.6. The summed E-state index contributed by atoms with van der Waals surface area (Å²) in [5.41, 5.74) is 1.56. The van der Waals surface area contributed by atoms with Gasteiger partial charge in [-0.3, -0.25) is 14.6 Å². The summed E-state index contributed by atoms with van der Waals surface area (Å²) in [6.45, 7) is 3.84. The van der Waals surface area contributed by atoms with Gasteiger partial charge in [-0.25, -0.2) is 8.42 Å². The molecule has 3 aliphatic rings. The number of likely N-dealkylation sites (tertiary alicyclic amines) is 2. The normalized spacial score (nSPS) is 19.8. The lowest BCUT2D eigenvalue weighted by atomic mass is 9.77. The number of nitrogens with zero attached hydrogens (tertiary/aromatic N) is 3. The molecule has 3 heterocycles. The molecular formula is C29H40Cl2N4O4S. The van der Waals surface area contributed by atoms with Gasteiger partial charge in [0.25, 0.3) is 0 Å². The molecule has 0 radical (unpaired) electrons. The summed E-state index contributed by atoms with van der Waals surface area (Å²) in [7, 11) is -3.23. The molecule has 5 rings (SSSR count). The molecule has 8 nitrogen and oxygen atoms in total. The Hall–Kier alpha value is -2.20. The van der Waals surface area contributed by atoms with E-state index in [0.29, 0.717) is 11.4 Å². The minimum atomic E-state index is -3.23. The SMILES string of the molecule is CS(=O)(=O)c1ccc(CN2CCC3(CCN(CCC(NC(=O)C4CCC4)c4ccccn4)CC3)C2=O)cc1.Cl.Cl. The van der Waals surface area contributed by atoms with Gasteiger partial charge in [-0.05, 0) is 81.4 Å². The summed E-state index contributed by atoms with van der Waals surface area (Å²) >= 11 is 0. The zero-order chi connectivity index (χ0) is 26.8. The molecule has 1 atom stereocenters. The van der Waals surface area contributed by atoms with Crippen LogP contribution in [0.5, 0.6) is 0 Å². The molecule has 2 saturated heterocycles. The predicted molar refractivity (Wildman–Crippen MR) is 159 cm³/mol. The van der Waals surface area contributed by atoms with E-state index in [9.17, 15) is 18.0 Å². The average molecular weight is 612 g/mol. The summed E-state index contributed by atoms with van der Waals surface area (Å²) < 4.78 is 23.4. The number of carbonyl (C=O) groups excluding carboxylic acids is 2. The fourth-order valence-corrected chi connectivity index (χ4v) is 6.55. The minimum absolute atomic E-state index is 0. The van der Waals surface area contributed by atoms with Crippen LogP contribution in [-0.2, 0) is 26.0 Å². The quantitative estimate of drug-likeness (QED) is 0.457. The Balaban J connectivity index is 0.00000220. The first-order valence-corrected chi connectivity index (χ1v) is 15.6. The highest BCUT2D eigenvalue weighted by Gasteiger charge is 2.47. The van der Waals surface area contributed by atoms with E-state index in [2.05, 4.69) is 15.2 Å². The van der Waals surface area contributed by atoms with Crippen molar-refractivity contribution in [3.8, 4) is 0 Å². The van der Waals surface area contributed by atoms with Gasteiger partial charge < -0.3 is 15.1 Å². The lowest BCUT2D eigenvalue weighted by Crippen LogP contribution is -2.45. The van der Waals surface area contributed by atoms with Gasteiger partial charge in [0, 0.05) is 38.0 Å². The summed E-state index contributed by atoms with van der Waals surface area (Å²) in [6, 6.07) is 12.6. The number of rotatable bonds is 9. The number of benzene rings is 1. The molecule has 1 aliphatic carbocycles. The number of sulfone groups is 1. The average Bonchev–Trinajstić information content (AvgIpc) is 3.16. The molecule has 2 aromatic rings. The number of amides is 2. The summed E-state index contributed by atoms with van der Waals surface area (Å²) in [4.78, 5) is 35.3. The van der Waals surface area contributed by atoms with Crippen molar-refractivity contribution in [2.24, 2.45) is 11.3 Å². The topological polar surface area (TPSA) is 99.7 Å². The molecular weight excluding hydrogens is 571 g/mol. The van der Waals surface area contributed by atoms with Gasteiger partial charge in [0.15, 0.2) is 9.84 Å². The Morgan fingerprint density at radius 3 is 2.30 bits per heavy atom. The fraction of sp³-hybridized carbons (Fsp3) is 0.552. The molecule has 1 N–H and O–H groups in total. The molecule has 1 unspecified atom stereocenters. The van der Waals surface area contributed by atoms with Crippen LogP contribution in [0, 0.1) is 11.3 Å². The first-order chi connectivity index (χ1) is 18.2. The number of hydrogen-bond acceptors (Lipinski definition) is 6. The molecule has 40 heavy (non-hydrogen) atoms. The lowest BCUT2D eigenvalue weighted by molar-refractivity contribution is -0.139. The van der Waals surface area contributed by atoms with Crippen molar-refractivity contribution in [2.45, 2.75) is 62.4 Å². The first-order valence-electron chi connectivity index (χ1n) is 13.8. The molecule has 1 saturated carbocycles. The minimum Gasteiger partial charge on any atom is -0.347 e. The number of nitrogens with one attached hydrogen (secondary N) is 1. The Labute approximate surface area is 250 Å². The molecule has 2 aliphatic heterocycles. The smallest absolute Gasteiger partial charge is 0.229 e. The predicted octanol–water partition coefficient (Wildman–Crippen LogP) is 4.19. The largest absolute Gasteiger partial charge is 0.347 e. The Morgan fingerprint density at radius 2 is 1.73 bits per heavy atom.